The van der Waals surface area contributed by atoms with E-state index in [0.717, 1.165) is 36.6 Å². The number of amides is 1. The molecule has 118 valence electrons. The van der Waals surface area contributed by atoms with Crippen molar-refractivity contribution < 1.29 is 4.79 Å². The highest BCUT2D eigenvalue weighted by Gasteiger charge is 2.27. The molecule has 0 atom stereocenters. The maximum absolute atomic E-state index is 12.1. The van der Waals surface area contributed by atoms with Gasteiger partial charge < -0.3 is 9.80 Å². The fourth-order valence-corrected chi connectivity index (χ4v) is 4.37. The summed E-state index contributed by atoms with van der Waals surface area (Å²) in [7, 11) is 3.68. The number of anilines is 1. The van der Waals surface area contributed by atoms with Crippen LogP contribution in [0, 0.1) is 19.8 Å². The molecule has 1 saturated heterocycles. The second-order valence-corrected chi connectivity index (χ2v) is 7.43. The molecular formula is C17H23N3OS. The molecule has 0 spiro atoms. The second-order valence-electron chi connectivity index (χ2n) is 6.42. The van der Waals surface area contributed by atoms with Gasteiger partial charge in [-0.25, -0.2) is 4.98 Å². The summed E-state index contributed by atoms with van der Waals surface area (Å²) >= 11 is 1.77. The molecule has 2 aromatic rings. The summed E-state index contributed by atoms with van der Waals surface area (Å²) in [5, 5.41) is 1.10. The summed E-state index contributed by atoms with van der Waals surface area (Å²) in [6.45, 7) is 6.09. The molecule has 0 unspecified atom stereocenters. The quantitative estimate of drug-likeness (QED) is 0.853. The summed E-state index contributed by atoms with van der Waals surface area (Å²) in [5.74, 6) is 0.431. The Hall–Kier alpha value is -1.62. The van der Waals surface area contributed by atoms with Gasteiger partial charge >= 0.3 is 0 Å². The molecular weight excluding hydrogens is 294 g/mol. The summed E-state index contributed by atoms with van der Waals surface area (Å²) < 4.78 is 1.26. The summed E-state index contributed by atoms with van der Waals surface area (Å²) in [5.41, 5.74) is 3.66. The fraction of sp³-hybridized carbons (Fsp3) is 0.529. The predicted octanol–water partition coefficient (Wildman–Crippen LogP) is 3.22. The number of benzene rings is 1. The van der Waals surface area contributed by atoms with Crippen molar-refractivity contribution in [2.24, 2.45) is 5.92 Å². The fourth-order valence-electron chi connectivity index (χ4n) is 3.18. The smallest absolute Gasteiger partial charge is 0.225 e. The molecule has 1 fully saturated rings. The number of hydrogen-bond donors (Lipinski definition) is 0. The number of piperidine rings is 1. The van der Waals surface area contributed by atoms with Gasteiger partial charge in [-0.3, -0.25) is 4.79 Å². The lowest BCUT2D eigenvalue weighted by molar-refractivity contribution is -0.133. The van der Waals surface area contributed by atoms with E-state index in [1.807, 2.05) is 14.1 Å². The van der Waals surface area contributed by atoms with E-state index in [4.69, 9.17) is 4.98 Å². The number of nitrogens with zero attached hydrogens (tertiary/aromatic N) is 3. The minimum Gasteiger partial charge on any atom is -0.349 e. The van der Waals surface area contributed by atoms with Gasteiger partial charge in [0.25, 0.3) is 0 Å². The SMILES string of the molecule is Cc1cc(C)c2nc(N3CCC(C(=O)N(C)C)CC3)sc2c1. The Kier molecular flexibility index (Phi) is 4.08. The van der Waals surface area contributed by atoms with Crippen LogP contribution in [0.25, 0.3) is 10.2 Å². The standard InChI is InChI=1S/C17H23N3OS/c1-11-9-12(2)15-14(10-11)22-17(18-15)20-7-5-13(6-8-20)16(21)19(3)4/h9-10,13H,5-8H2,1-4H3. The van der Waals surface area contributed by atoms with Crippen molar-refractivity contribution in [3.8, 4) is 0 Å². The highest BCUT2D eigenvalue weighted by atomic mass is 32.1. The van der Waals surface area contributed by atoms with Gasteiger partial charge in [0.2, 0.25) is 5.91 Å². The van der Waals surface area contributed by atoms with Crippen LogP contribution in [0.15, 0.2) is 12.1 Å². The Labute approximate surface area is 135 Å². The van der Waals surface area contributed by atoms with Gasteiger partial charge in [-0.1, -0.05) is 17.4 Å². The Morgan fingerprint density at radius 3 is 2.59 bits per heavy atom. The lowest BCUT2D eigenvalue weighted by atomic mass is 9.96. The normalized spacial score (nSPS) is 16.3. The molecule has 5 heteroatoms. The summed E-state index contributed by atoms with van der Waals surface area (Å²) in [6, 6.07) is 4.40. The average molecular weight is 317 g/mol. The molecule has 1 amide bonds. The molecule has 1 aromatic carbocycles. The van der Waals surface area contributed by atoms with Crippen LogP contribution < -0.4 is 4.90 Å². The lowest BCUT2D eigenvalue weighted by Gasteiger charge is -2.32. The molecule has 0 N–H and O–H groups in total. The lowest BCUT2D eigenvalue weighted by Crippen LogP contribution is -2.40. The molecule has 0 aliphatic carbocycles. The first-order valence-electron chi connectivity index (χ1n) is 7.79. The molecule has 0 saturated carbocycles. The molecule has 4 nitrogen and oxygen atoms in total. The van der Waals surface area contributed by atoms with Crippen molar-refractivity contribution in [3.63, 3.8) is 0 Å². The van der Waals surface area contributed by atoms with E-state index in [2.05, 4.69) is 30.9 Å². The van der Waals surface area contributed by atoms with Crippen molar-refractivity contribution in [2.75, 3.05) is 32.1 Å². The maximum atomic E-state index is 12.1. The number of thiazole rings is 1. The zero-order valence-electron chi connectivity index (χ0n) is 13.7. The van der Waals surface area contributed by atoms with E-state index in [1.54, 1.807) is 16.2 Å². The highest BCUT2D eigenvalue weighted by Crippen LogP contribution is 2.33. The molecule has 0 bridgehead atoms. The van der Waals surface area contributed by atoms with Crippen molar-refractivity contribution >= 4 is 32.6 Å². The number of aryl methyl sites for hydroxylation is 2. The maximum Gasteiger partial charge on any atom is 0.225 e. The van der Waals surface area contributed by atoms with Gasteiger partial charge in [-0.2, -0.15) is 0 Å². The number of hydrogen-bond acceptors (Lipinski definition) is 4. The van der Waals surface area contributed by atoms with E-state index in [0.29, 0.717) is 0 Å². The van der Waals surface area contributed by atoms with E-state index < -0.39 is 0 Å². The predicted molar refractivity (Wildman–Crippen MR) is 92.7 cm³/mol. The second kappa shape index (κ2) is 5.88. The number of carbonyl (C=O) groups is 1. The van der Waals surface area contributed by atoms with Crippen LogP contribution in [-0.2, 0) is 4.79 Å². The topological polar surface area (TPSA) is 36.4 Å². The van der Waals surface area contributed by atoms with Crippen molar-refractivity contribution in [1.82, 2.24) is 9.88 Å². The van der Waals surface area contributed by atoms with Crippen LogP contribution in [0.1, 0.15) is 24.0 Å². The Morgan fingerprint density at radius 2 is 1.95 bits per heavy atom. The van der Waals surface area contributed by atoms with Crippen molar-refractivity contribution in [3.05, 3.63) is 23.3 Å². The monoisotopic (exact) mass is 317 g/mol. The molecule has 0 radical (unpaired) electrons. The third-order valence-electron chi connectivity index (χ3n) is 4.37. The van der Waals surface area contributed by atoms with Gasteiger partial charge in [-0.05, 0) is 43.9 Å². The van der Waals surface area contributed by atoms with Crippen LogP contribution in [0.5, 0.6) is 0 Å². The molecule has 1 aromatic heterocycles. The van der Waals surface area contributed by atoms with Crippen LogP contribution in [0.2, 0.25) is 0 Å². The largest absolute Gasteiger partial charge is 0.349 e. The van der Waals surface area contributed by atoms with Crippen LogP contribution in [0.3, 0.4) is 0 Å². The van der Waals surface area contributed by atoms with Gasteiger partial charge in [-0.15, -0.1) is 0 Å². The van der Waals surface area contributed by atoms with E-state index in [-0.39, 0.29) is 11.8 Å². The van der Waals surface area contributed by atoms with Crippen LogP contribution >= 0.6 is 11.3 Å². The molecule has 22 heavy (non-hydrogen) atoms. The van der Waals surface area contributed by atoms with Crippen LogP contribution in [0.4, 0.5) is 5.13 Å². The number of fused-ring (bicyclic) bond motifs is 1. The van der Waals surface area contributed by atoms with Crippen LogP contribution in [-0.4, -0.2) is 43.0 Å². The first-order valence-corrected chi connectivity index (χ1v) is 8.61. The number of carbonyl (C=O) groups excluding carboxylic acids is 1. The average Bonchev–Trinajstić information content (AvgIpc) is 2.90. The Morgan fingerprint density at radius 1 is 1.27 bits per heavy atom. The minimum atomic E-state index is 0.171. The zero-order valence-corrected chi connectivity index (χ0v) is 14.5. The third kappa shape index (κ3) is 2.82. The van der Waals surface area contributed by atoms with Gasteiger partial charge in [0, 0.05) is 33.1 Å². The van der Waals surface area contributed by atoms with E-state index in [9.17, 15) is 4.79 Å². The first-order chi connectivity index (χ1) is 10.5. The number of aromatic nitrogens is 1. The van der Waals surface area contributed by atoms with Crippen molar-refractivity contribution in [2.45, 2.75) is 26.7 Å². The molecule has 2 heterocycles. The molecule has 3 rings (SSSR count). The number of rotatable bonds is 2. The first kappa shape index (κ1) is 15.3. The van der Waals surface area contributed by atoms with E-state index >= 15 is 0 Å². The third-order valence-corrected chi connectivity index (χ3v) is 5.44. The van der Waals surface area contributed by atoms with Gasteiger partial charge in [0.1, 0.15) is 0 Å². The molecule has 1 aliphatic rings. The molecule has 1 aliphatic heterocycles. The van der Waals surface area contributed by atoms with Gasteiger partial charge in [0.15, 0.2) is 5.13 Å². The minimum absolute atomic E-state index is 0.171. The Balaban J connectivity index is 1.77. The van der Waals surface area contributed by atoms with Crippen molar-refractivity contribution in [1.29, 1.82) is 0 Å². The summed E-state index contributed by atoms with van der Waals surface area (Å²) in [4.78, 5) is 20.9. The highest BCUT2D eigenvalue weighted by molar-refractivity contribution is 7.22. The zero-order chi connectivity index (χ0) is 15.9. The Bertz CT molecular complexity index is 699. The van der Waals surface area contributed by atoms with Gasteiger partial charge in [0.05, 0.1) is 10.2 Å². The summed E-state index contributed by atoms with van der Waals surface area (Å²) in [6.07, 6.45) is 1.84. The van der Waals surface area contributed by atoms with E-state index in [1.165, 1.54) is 15.8 Å².